The Labute approximate surface area is 160 Å². The van der Waals surface area contributed by atoms with Gasteiger partial charge in [-0.3, -0.25) is 14.7 Å². The number of nitro groups is 1. The SMILES string of the molecule is O=c1nc(-c2ccccc2)c2cc([N+](=O)[O-])ccc2n1CC1C2=CC=C1CC2. The zero-order valence-electron chi connectivity index (χ0n) is 15.0. The van der Waals surface area contributed by atoms with E-state index in [4.69, 9.17) is 0 Å². The minimum Gasteiger partial charge on any atom is -0.291 e. The topological polar surface area (TPSA) is 78.0 Å². The van der Waals surface area contributed by atoms with E-state index in [1.54, 1.807) is 10.6 Å². The summed E-state index contributed by atoms with van der Waals surface area (Å²) in [5.74, 6) is 0.237. The minimum atomic E-state index is -0.420. The van der Waals surface area contributed by atoms with E-state index in [2.05, 4.69) is 17.1 Å². The van der Waals surface area contributed by atoms with Crippen LogP contribution in [-0.4, -0.2) is 14.5 Å². The van der Waals surface area contributed by atoms with Crippen LogP contribution in [0, 0.1) is 16.0 Å². The number of nitrogens with zero attached hydrogens (tertiary/aromatic N) is 3. The number of benzene rings is 2. The van der Waals surface area contributed by atoms with Gasteiger partial charge in [-0.2, -0.15) is 4.98 Å². The third-order valence-electron chi connectivity index (χ3n) is 5.70. The highest BCUT2D eigenvalue weighted by Gasteiger charge is 2.30. The molecule has 0 radical (unpaired) electrons. The van der Waals surface area contributed by atoms with E-state index in [0.29, 0.717) is 23.1 Å². The predicted octanol–water partition coefficient (Wildman–Crippen LogP) is 4.25. The lowest BCUT2D eigenvalue weighted by atomic mass is 10.0. The first kappa shape index (κ1) is 16.6. The molecule has 0 saturated heterocycles. The predicted molar refractivity (Wildman–Crippen MR) is 107 cm³/mol. The second kappa shape index (κ2) is 6.27. The van der Waals surface area contributed by atoms with Crippen molar-refractivity contribution in [3.63, 3.8) is 0 Å². The molecule has 2 aromatic carbocycles. The summed E-state index contributed by atoms with van der Waals surface area (Å²) in [5, 5.41) is 11.9. The van der Waals surface area contributed by atoms with Gasteiger partial charge in [0.05, 0.1) is 16.1 Å². The summed E-state index contributed by atoms with van der Waals surface area (Å²) >= 11 is 0. The smallest absolute Gasteiger partial charge is 0.291 e. The summed E-state index contributed by atoms with van der Waals surface area (Å²) in [6.45, 7) is 0.521. The average Bonchev–Trinajstić information content (AvgIpc) is 3.29. The van der Waals surface area contributed by atoms with Gasteiger partial charge in [-0.25, -0.2) is 4.79 Å². The molecule has 28 heavy (non-hydrogen) atoms. The van der Waals surface area contributed by atoms with Gasteiger partial charge in [0.15, 0.2) is 0 Å². The molecule has 3 aromatic rings. The molecule has 1 fully saturated rings. The number of hydrogen-bond acceptors (Lipinski definition) is 4. The van der Waals surface area contributed by atoms with Crippen LogP contribution in [0.2, 0.25) is 0 Å². The van der Waals surface area contributed by atoms with Crippen LogP contribution in [0.3, 0.4) is 0 Å². The van der Waals surface area contributed by atoms with E-state index in [-0.39, 0.29) is 17.3 Å². The van der Waals surface area contributed by atoms with Crippen LogP contribution in [0.5, 0.6) is 0 Å². The monoisotopic (exact) mass is 371 g/mol. The maximum absolute atomic E-state index is 12.9. The second-order valence-electron chi connectivity index (χ2n) is 7.21. The van der Waals surface area contributed by atoms with Crippen LogP contribution in [0.25, 0.3) is 22.2 Å². The fourth-order valence-corrected chi connectivity index (χ4v) is 4.28. The summed E-state index contributed by atoms with van der Waals surface area (Å²) in [5.41, 5.74) is 4.29. The van der Waals surface area contributed by atoms with Gasteiger partial charge in [0.25, 0.3) is 5.69 Å². The van der Waals surface area contributed by atoms with Crippen molar-refractivity contribution in [2.45, 2.75) is 19.4 Å². The molecule has 2 aliphatic carbocycles. The third-order valence-corrected chi connectivity index (χ3v) is 5.70. The third kappa shape index (κ3) is 2.57. The van der Waals surface area contributed by atoms with Crippen molar-refractivity contribution in [2.24, 2.45) is 5.92 Å². The highest BCUT2D eigenvalue weighted by molar-refractivity contribution is 5.93. The highest BCUT2D eigenvalue weighted by Crippen LogP contribution is 2.42. The van der Waals surface area contributed by atoms with E-state index in [0.717, 1.165) is 18.4 Å². The van der Waals surface area contributed by atoms with Gasteiger partial charge in [-0.05, 0) is 18.9 Å². The Balaban J connectivity index is 1.73. The van der Waals surface area contributed by atoms with Crippen LogP contribution in [0.4, 0.5) is 5.69 Å². The number of fused-ring (bicyclic) bond motifs is 3. The number of non-ortho nitro benzene ring substituents is 1. The van der Waals surface area contributed by atoms with Crippen molar-refractivity contribution in [2.75, 3.05) is 0 Å². The molecule has 5 rings (SSSR count). The normalized spacial score (nSPS) is 15.7. The molecular formula is C22H17N3O3. The summed E-state index contributed by atoms with van der Waals surface area (Å²) in [6.07, 6.45) is 6.38. The zero-order chi connectivity index (χ0) is 19.3. The summed E-state index contributed by atoms with van der Waals surface area (Å²) < 4.78 is 1.66. The van der Waals surface area contributed by atoms with E-state index in [9.17, 15) is 14.9 Å². The molecule has 138 valence electrons. The number of aromatic nitrogens is 2. The molecule has 0 N–H and O–H groups in total. The van der Waals surface area contributed by atoms with Crippen LogP contribution in [0.15, 0.2) is 76.6 Å². The minimum absolute atomic E-state index is 0.0111. The van der Waals surface area contributed by atoms with Crippen molar-refractivity contribution in [3.05, 3.63) is 92.4 Å². The average molecular weight is 371 g/mol. The first-order valence-electron chi connectivity index (χ1n) is 9.26. The van der Waals surface area contributed by atoms with Gasteiger partial charge in [0.1, 0.15) is 0 Å². The molecule has 0 atom stereocenters. The van der Waals surface area contributed by atoms with Crippen molar-refractivity contribution in [3.8, 4) is 11.3 Å². The van der Waals surface area contributed by atoms with Crippen LogP contribution in [-0.2, 0) is 6.54 Å². The Morgan fingerprint density at radius 1 is 1.07 bits per heavy atom. The molecular weight excluding hydrogens is 354 g/mol. The Hall–Kier alpha value is -3.54. The molecule has 1 saturated carbocycles. The molecule has 0 amide bonds. The van der Waals surface area contributed by atoms with Crippen LogP contribution >= 0.6 is 0 Å². The number of hydrogen-bond donors (Lipinski definition) is 0. The van der Waals surface area contributed by atoms with Crippen LogP contribution in [0.1, 0.15) is 12.8 Å². The standard InChI is InChI=1S/C22H17N3O3/c26-22-23-21(16-4-2-1-3-5-16)18-12-17(25(27)28)10-11-20(18)24(22)13-19-14-6-7-15(19)9-8-14/h1-7,10-12,19H,8-9,13H2. The first-order chi connectivity index (χ1) is 13.6. The Morgan fingerprint density at radius 3 is 2.43 bits per heavy atom. The lowest BCUT2D eigenvalue weighted by Gasteiger charge is -2.17. The quantitative estimate of drug-likeness (QED) is 0.507. The summed E-state index contributed by atoms with van der Waals surface area (Å²) in [4.78, 5) is 28.2. The fourth-order valence-electron chi connectivity index (χ4n) is 4.28. The van der Waals surface area contributed by atoms with Gasteiger partial charge in [0, 0.05) is 35.5 Å². The summed E-state index contributed by atoms with van der Waals surface area (Å²) in [7, 11) is 0. The number of nitro benzene ring substituents is 1. The van der Waals surface area contributed by atoms with Crippen LogP contribution < -0.4 is 5.69 Å². The van der Waals surface area contributed by atoms with E-state index < -0.39 is 4.92 Å². The molecule has 2 aliphatic rings. The molecule has 1 aromatic heterocycles. The largest absolute Gasteiger partial charge is 0.348 e. The van der Waals surface area contributed by atoms with Gasteiger partial charge in [-0.15, -0.1) is 0 Å². The van der Waals surface area contributed by atoms with Crippen molar-refractivity contribution < 1.29 is 4.92 Å². The molecule has 6 heteroatoms. The Morgan fingerprint density at radius 2 is 1.79 bits per heavy atom. The van der Waals surface area contributed by atoms with E-state index in [1.807, 2.05) is 30.3 Å². The first-order valence-corrected chi connectivity index (χ1v) is 9.26. The highest BCUT2D eigenvalue weighted by atomic mass is 16.6. The van der Waals surface area contributed by atoms with Gasteiger partial charge in [0.2, 0.25) is 0 Å². The van der Waals surface area contributed by atoms with Gasteiger partial charge >= 0.3 is 5.69 Å². The van der Waals surface area contributed by atoms with E-state index in [1.165, 1.54) is 23.3 Å². The Kier molecular flexibility index (Phi) is 3.72. The van der Waals surface area contributed by atoms with Crippen molar-refractivity contribution in [1.29, 1.82) is 0 Å². The fraction of sp³-hybridized carbons (Fsp3) is 0.182. The van der Waals surface area contributed by atoms with E-state index >= 15 is 0 Å². The van der Waals surface area contributed by atoms with Crippen molar-refractivity contribution >= 4 is 16.6 Å². The van der Waals surface area contributed by atoms with Gasteiger partial charge < -0.3 is 0 Å². The molecule has 0 unspecified atom stereocenters. The van der Waals surface area contributed by atoms with Gasteiger partial charge in [-0.1, -0.05) is 53.6 Å². The number of rotatable bonds is 4. The lowest BCUT2D eigenvalue weighted by Crippen LogP contribution is -2.27. The Bertz CT molecular complexity index is 1220. The zero-order valence-corrected chi connectivity index (χ0v) is 15.0. The van der Waals surface area contributed by atoms with Crippen molar-refractivity contribution in [1.82, 2.24) is 9.55 Å². The molecule has 0 aliphatic heterocycles. The number of allylic oxidation sites excluding steroid dienone is 4. The maximum Gasteiger partial charge on any atom is 0.348 e. The lowest BCUT2D eigenvalue weighted by molar-refractivity contribution is -0.384. The molecule has 1 heterocycles. The second-order valence-corrected chi connectivity index (χ2v) is 7.21. The molecule has 2 bridgehead atoms. The molecule has 0 spiro atoms. The summed E-state index contributed by atoms with van der Waals surface area (Å²) in [6, 6.07) is 14.0. The molecule has 6 nitrogen and oxygen atoms in total. The maximum atomic E-state index is 12.9.